The van der Waals surface area contributed by atoms with Crippen molar-refractivity contribution in [1.82, 2.24) is 4.67 Å². The van der Waals surface area contributed by atoms with Crippen LogP contribution in [0.15, 0.2) is 24.8 Å². The van der Waals surface area contributed by atoms with E-state index < -0.39 is 7.52 Å². The van der Waals surface area contributed by atoms with Gasteiger partial charge in [-0.3, -0.25) is 4.57 Å². The van der Waals surface area contributed by atoms with Gasteiger partial charge in [-0.2, -0.15) is 0 Å². The summed E-state index contributed by atoms with van der Waals surface area (Å²) in [6.45, 7) is 9.94. The number of benzene rings is 1. The molecule has 0 aromatic heterocycles. The molecule has 5 heteroatoms. The zero-order valence-electron chi connectivity index (χ0n) is 12.9. The SMILES string of the molecule is C=Cc1cc(P(=O)(OCC)N(C)C)ccc1OC(C)C. The number of hydrogen-bond donors (Lipinski definition) is 0. The lowest BCUT2D eigenvalue weighted by atomic mass is 10.2. The molecular weight excluding hydrogens is 273 g/mol. The highest BCUT2D eigenvalue weighted by Gasteiger charge is 2.29. The van der Waals surface area contributed by atoms with Gasteiger partial charge in [0.15, 0.2) is 0 Å². The van der Waals surface area contributed by atoms with Crippen LogP contribution in [0.3, 0.4) is 0 Å². The van der Waals surface area contributed by atoms with Gasteiger partial charge in [0.1, 0.15) is 5.75 Å². The van der Waals surface area contributed by atoms with Crippen LogP contribution in [0.25, 0.3) is 6.08 Å². The summed E-state index contributed by atoms with van der Waals surface area (Å²) < 4.78 is 25.8. The maximum atomic E-state index is 12.9. The molecule has 0 aliphatic rings. The average Bonchev–Trinajstić information content (AvgIpc) is 2.38. The second-order valence-corrected chi connectivity index (χ2v) is 7.49. The van der Waals surface area contributed by atoms with E-state index >= 15 is 0 Å². The highest BCUT2D eigenvalue weighted by molar-refractivity contribution is 7.64. The fourth-order valence-corrected chi connectivity index (χ4v) is 3.59. The van der Waals surface area contributed by atoms with Crippen molar-refractivity contribution in [1.29, 1.82) is 0 Å². The van der Waals surface area contributed by atoms with Gasteiger partial charge in [0.25, 0.3) is 0 Å². The third-order valence-electron chi connectivity index (χ3n) is 2.73. The van der Waals surface area contributed by atoms with Gasteiger partial charge in [-0.15, -0.1) is 0 Å². The Morgan fingerprint density at radius 1 is 1.40 bits per heavy atom. The summed E-state index contributed by atoms with van der Waals surface area (Å²) in [5.74, 6) is 0.737. The maximum absolute atomic E-state index is 12.9. The molecule has 1 aromatic rings. The molecule has 0 aliphatic carbocycles. The number of hydrogen-bond acceptors (Lipinski definition) is 3. The first-order chi connectivity index (χ1) is 9.35. The molecule has 1 rings (SSSR count). The normalized spacial score (nSPS) is 14.3. The molecule has 0 aliphatic heterocycles. The third-order valence-corrected chi connectivity index (χ3v) is 5.33. The van der Waals surface area contributed by atoms with Crippen molar-refractivity contribution in [2.45, 2.75) is 26.9 Å². The third kappa shape index (κ3) is 3.72. The van der Waals surface area contributed by atoms with E-state index in [0.29, 0.717) is 11.9 Å². The molecule has 4 nitrogen and oxygen atoms in total. The number of rotatable bonds is 7. The Balaban J connectivity index is 3.26. The summed E-state index contributed by atoms with van der Waals surface area (Å²) in [6, 6.07) is 5.43. The zero-order valence-corrected chi connectivity index (χ0v) is 13.8. The molecule has 1 unspecified atom stereocenters. The van der Waals surface area contributed by atoms with Crippen LogP contribution in [0.1, 0.15) is 26.3 Å². The molecule has 0 radical (unpaired) electrons. The number of ether oxygens (including phenoxy) is 1. The molecule has 0 fully saturated rings. The van der Waals surface area contributed by atoms with Gasteiger partial charge in [0, 0.05) is 5.56 Å². The molecule has 0 spiro atoms. The van der Waals surface area contributed by atoms with Crippen LogP contribution in [0, 0.1) is 0 Å². The van der Waals surface area contributed by atoms with Gasteiger partial charge in [0.2, 0.25) is 0 Å². The van der Waals surface area contributed by atoms with Crippen LogP contribution in [0.2, 0.25) is 0 Å². The van der Waals surface area contributed by atoms with E-state index in [1.54, 1.807) is 30.9 Å². The topological polar surface area (TPSA) is 38.8 Å². The van der Waals surface area contributed by atoms with Crippen LogP contribution in [-0.4, -0.2) is 31.5 Å². The molecule has 0 bridgehead atoms. The zero-order chi connectivity index (χ0) is 15.3. The lowest BCUT2D eigenvalue weighted by molar-refractivity contribution is 0.242. The van der Waals surface area contributed by atoms with Crippen LogP contribution in [0.5, 0.6) is 5.75 Å². The molecule has 1 atom stereocenters. The standard InChI is InChI=1S/C15H24NO3P/c1-7-13-11-14(9-10-15(13)19-12(3)4)20(17,16(5)6)18-8-2/h7,9-12H,1,8H2,2-6H3. The summed E-state index contributed by atoms with van der Waals surface area (Å²) in [7, 11) is 0.497. The molecule has 20 heavy (non-hydrogen) atoms. The fourth-order valence-electron chi connectivity index (χ4n) is 1.83. The van der Waals surface area contributed by atoms with E-state index in [1.165, 1.54) is 0 Å². The number of nitrogens with zero attached hydrogens (tertiary/aromatic N) is 1. The van der Waals surface area contributed by atoms with Gasteiger partial charge in [0.05, 0.1) is 18.0 Å². The smallest absolute Gasteiger partial charge is 0.301 e. The Labute approximate surface area is 121 Å². The molecule has 112 valence electrons. The first kappa shape index (κ1) is 17.0. The second-order valence-electron chi connectivity index (χ2n) is 4.88. The van der Waals surface area contributed by atoms with Gasteiger partial charge in [-0.05, 0) is 53.1 Å². The minimum absolute atomic E-state index is 0.0760. The van der Waals surface area contributed by atoms with Gasteiger partial charge in [-0.1, -0.05) is 12.7 Å². The Morgan fingerprint density at radius 2 is 2.05 bits per heavy atom. The first-order valence-corrected chi connectivity index (χ1v) is 8.29. The van der Waals surface area contributed by atoms with E-state index in [9.17, 15) is 4.57 Å². The van der Waals surface area contributed by atoms with Crippen molar-refractivity contribution in [2.75, 3.05) is 20.7 Å². The molecular formula is C15H24NO3P. The van der Waals surface area contributed by atoms with Crippen LogP contribution in [0.4, 0.5) is 0 Å². The van der Waals surface area contributed by atoms with E-state index in [2.05, 4.69) is 6.58 Å². The largest absolute Gasteiger partial charge is 0.490 e. The van der Waals surface area contributed by atoms with Crippen molar-refractivity contribution in [2.24, 2.45) is 0 Å². The molecule has 0 saturated heterocycles. The molecule has 0 N–H and O–H groups in total. The summed E-state index contributed by atoms with van der Waals surface area (Å²) in [5.41, 5.74) is 0.818. The lowest BCUT2D eigenvalue weighted by Crippen LogP contribution is -2.21. The quantitative estimate of drug-likeness (QED) is 0.722. The van der Waals surface area contributed by atoms with E-state index in [-0.39, 0.29) is 6.10 Å². The summed E-state index contributed by atoms with van der Waals surface area (Å²) in [5, 5.41) is 0.648. The fraction of sp³-hybridized carbons (Fsp3) is 0.467. The van der Waals surface area contributed by atoms with Gasteiger partial charge in [-0.25, -0.2) is 4.67 Å². The molecule has 1 aromatic carbocycles. The monoisotopic (exact) mass is 297 g/mol. The minimum Gasteiger partial charge on any atom is -0.490 e. The van der Waals surface area contributed by atoms with E-state index in [4.69, 9.17) is 9.26 Å². The Hall–Kier alpha value is -1.09. The van der Waals surface area contributed by atoms with Crippen LogP contribution >= 0.6 is 7.52 Å². The minimum atomic E-state index is -3.01. The second kappa shape index (κ2) is 7.07. The van der Waals surface area contributed by atoms with E-state index in [1.807, 2.05) is 32.9 Å². The average molecular weight is 297 g/mol. The Kier molecular flexibility index (Phi) is 6.00. The van der Waals surface area contributed by atoms with Crippen molar-refractivity contribution in [3.05, 3.63) is 30.3 Å². The van der Waals surface area contributed by atoms with Crippen LogP contribution in [-0.2, 0) is 9.09 Å². The Morgan fingerprint density at radius 3 is 2.50 bits per heavy atom. The van der Waals surface area contributed by atoms with E-state index in [0.717, 1.165) is 11.3 Å². The van der Waals surface area contributed by atoms with Crippen molar-refractivity contribution in [3.8, 4) is 5.75 Å². The highest BCUT2D eigenvalue weighted by atomic mass is 31.2. The van der Waals surface area contributed by atoms with Crippen molar-refractivity contribution >= 4 is 18.9 Å². The van der Waals surface area contributed by atoms with Crippen molar-refractivity contribution in [3.63, 3.8) is 0 Å². The molecule has 0 saturated carbocycles. The predicted molar refractivity (Wildman–Crippen MR) is 84.9 cm³/mol. The predicted octanol–water partition coefficient (Wildman–Crippen LogP) is 3.53. The van der Waals surface area contributed by atoms with Crippen LogP contribution < -0.4 is 10.0 Å². The van der Waals surface area contributed by atoms with Gasteiger partial charge < -0.3 is 9.26 Å². The lowest BCUT2D eigenvalue weighted by Gasteiger charge is -2.25. The maximum Gasteiger partial charge on any atom is 0.301 e. The van der Waals surface area contributed by atoms with Gasteiger partial charge >= 0.3 is 7.52 Å². The summed E-state index contributed by atoms with van der Waals surface area (Å²) in [6.07, 6.45) is 1.78. The van der Waals surface area contributed by atoms with Crippen molar-refractivity contribution < 1.29 is 13.8 Å². The Bertz CT molecular complexity index is 512. The highest BCUT2D eigenvalue weighted by Crippen LogP contribution is 2.48. The first-order valence-electron chi connectivity index (χ1n) is 6.71. The summed E-state index contributed by atoms with van der Waals surface area (Å²) in [4.78, 5) is 0. The summed E-state index contributed by atoms with van der Waals surface area (Å²) >= 11 is 0. The molecule has 0 heterocycles. The molecule has 0 amide bonds.